The van der Waals surface area contributed by atoms with Crippen LogP contribution in [0.5, 0.6) is 0 Å². The van der Waals surface area contributed by atoms with Gasteiger partial charge in [-0.05, 0) is 61.1 Å². The molecule has 0 atom stereocenters. The average molecular weight is 317 g/mol. The van der Waals surface area contributed by atoms with Crippen LogP contribution in [0.1, 0.15) is 37.4 Å². The maximum Gasteiger partial charge on any atom is 0.132 e. The minimum atomic E-state index is 0.480. The van der Waals surface area contributed by atoms with E-state index in [0.717, 1.165) is 36.5 Å². The van der Waals surface area contributed by atoms with Crippen molar-refractivity contribution in [2.45, 2.75) is 31.6 Å². The summed E-state index contributed by atoms with van der Waals surface area (Å²) in [6.45, 7) is 0.810. The number of nitrogens with two attached hydrogens (primary N) is 1. The lowest BCUT2D eigenvalue weighted by Gasteiger charge is -2.26. The van der Waals surface area contributed by atoms with E-state index < -0.39 is 0 Å². The Morgan fingerprint density at radius 2 is 1.71 bits per heavy atom. The normalized spacial score (nSPS) is 21.0. The predicted molar refractivity (Wildman–Crippen MR) is 98.7 cm³/mol. The van der Waals surface area contributed by atoms with Gasteiger partial charge in [0.1, 0.15) is 5.82 Å². The van der Waals surface area contributed by atoms with Gasteiger partial charge in [-0.2, -0.15) is 0 Å². The molecule has 0 bridgehead atoms. The minimum Gasteiger partial charge on any atom is -0.330 e. The van der Waals surface area contributed by atoms with Crippen LogP contribution < -0.4 is 5.73 Å². The molecular formula is C21H23N3. The molecule has 3 heteroatoms. The molecule has 1 saturated carbocycles. The second kappa shape index (κ2) is 6.70. The van der Waals surface area contributed by atoms with Crippen molar-refractivity contribution in [1.29, 1.82) is 0 Å². The first-order chi connectivity index (χ1) is 11.8. The smallest absolute Gasteiger partial charge is 0.132 e. The van der Waals surface area contributed by atoms with E-state index >= 15 is 0 Å². The van der Waals surface area contributed by atoms with E-state index in [9.17, 15) is 0 Å². The van der Waals surface area contributed by atoms with Gasteiger partial charge in [0.25, 0.3) is 0 Å². The van der Waals surface area contributed by atoms with Crippen LogP contribution in [0.3, 0.4) is 0 Å². The Bertz CT molecular complexity index is 835. The summed E-state index contributed by atoms with van der Waals surface area (Å²) < 4.78 is 0. The molecule has 0 spiro atoms. The Morgan fingerprint density at radius 3 is 2.50 bits per heavy atom. The van der Waals surface area contributed by atoms with E-state index in [-0.39, 0.29) is 0 Å². The van der Waals surface area contributed by atoms with Gasteiger partial charge in [0, 0.05) is 17.7 Å². The molecule has 1 aliphatic carbocycles. The van der Waals surface area contributed by atoms with Gasteiger partial charge in [0.2, 0.25) is 0 Å². The first kappa shape index (κ1) is 15.3. The fourth-order valence-electron chi connectivity index (χ4n) is 3.74. The van der Waals surface area contributed by atoms with Crippen LogP contribution >= 0.6 is 0 Å². The van der Waals surface area contributed by atoms with E-state index in [1.54, 1.807) is 0 Å². The SMILES string of the molecule is NCC1CCC(c2nccc(-c3ccc4ccccc4c3)n2)CC1. The second-order valence-corrected chi connectivity index (χ2v) is 6.82. The van der Waals surface area contributed by atoms with Crippen molar-refractivity contribution in [3.8, 4) is 11.3 Å². The summed E-state index contributed by atoms with van der Waals surface area (Å²) in [4.78, 5) is 9.44. The van der Waals surface area contributed by atoms with E-state index in [0.29, 0.717) is 11.8 Å². The molecule has 122 valence electrons. The maximum absolute atomic E-state index is 5.80. The number of hydrogen-bond acceptors (Lipinski definition) is 3. The first-order valence-electron chi connectivity index (χ1n) is 8.85. The monoisotopic (exact) mass is 317 g/mol. The van der Waals surface area contributed by atoms with Gasteiger partial charge in [-0.15, -0.1) is 0 Å². The fourth-order valence-corrected chi connectivity index (χ4v) is 3.74. The Balaban J connectivity index is 1.62. The predicted octanol–water partition coefficient (Wildman–Crippen LogP) is 4.53. The van der Waals surface area contributed by atoms with Crippen molar-refractivity contribution < 1.29 is 0 Å². The third-order valence-electron chi connectivity index (χ3n) is 5.26. The Kier molecular flexibility index (Phi) is 4.26. The van der Waals surface area contributed by atoms with Crippen molar-refractivity contribution in [2.75, 3.05) is 6.54 Å². The van der Waals surface area contributed by atoms with Gasteiger partial charge in [0.05, 0.1) is 5.69 Å². The highest BCUT2D eigenvalue weighted by atomic mass is 14.9. The fraction of sp³-hybridized carbons (Fsp3) is 0.333. The van der Waals surface area contributed by atoms with Crippen molar-refractivity contribution >= 4 is 10.8 Å². The lowest BCUT2D eigenvalue weighted by Crippen LogP contribution is -2.21. The standard InChI is InChI=1S/C21H23N3/c22-14-15-5-7-17(8-6-15)21-23-12-11-20(24-21)19-10-9-16-3-1-2-4-18(16)13-19/h1-4,9-13,15,17H,5-8,14,22H2. The molecule has 0 aliphatic heterocycles. The van der Waals surface area contributed by atoms with Crippen LogP contribution in [-0.2, 0) is 0 Å². The molecule has 1 aromatic heterocycles. The number of fused-ring (bicyclic) bond motifs is 1. The molecular weight excluding hydrogens is 294 g/mol. The van der Waals surface area contributed by atoms with Crippen molar-refractivity contribution in [3.63, 3.8) is 0 Å². The summed E-state index contributed by atoms with van der Waals surface area (Å²) in [5.41, 5.74) is 7.98. The lowest BCUT2D eigenvalue weighted by atomic mass is 9.81. The molecule has 0 radical (unpaired) electrons. The number of benzene rings is 2. The second-order valence-electron chi connectivity index (χ2n) is 6.82. The molecule has 1 fully saturated rings. The summed E-state index contributed by atoms with van der Waals surface area (Å²) in [7, 11) is 0. The van der Waals surface area contributed by atoms with Gasteiger partial charge < -0.3 is 5.73 Å². The quantitative estimate of drug-likeness (QED) is 0.772. The first-order valence-corrected chi connectivity index (χ1v) is 8.85. The van der Waals surface area contributed by atoms with Crippen LogP contribution in [0.15, 0.2) is 54.7 Å². The van der Waals surface area contributed by atoms with Crippen LogP contribution in [0, 0.1) is 5.92 Å². The molecule has 0 amide bonds. The molecule has 2 aromatic carbocycles. The van der Waals surface area contributed by atoms with E-state index in [1.165, 1.54) is 23.6 Å². The van der Waals surface area contributed by atoms with Crippen LogP contribution in [0.25, 0.3) is 22.0 Å². The van der Waals surface area contributed by atoms with Gasteiger partial charge in [-0.25, -0.2) is 9.97 Å². The average Bonchev–Trinajstić information content (AvgIpc) is 2.68. The van der Waals surface area contributed by atoms with Crippen molar-refractivity contribution in [1.82, 2.24) is 9.97 Å². The zero-order chi connectivity index (χ0) is 16.4. The van der Waals surface area contributed by atoms with Crippen molar-refractivity contribution in [3.05, 3.63) is 60.6 Å². The zero-order valence-electron chi connectivity index (χ0n) is 13.9. The van der Waals surface area contributed by atoms with Gasteiger partial charge >= 0.3 is 0 Å². The van der Waals surface area contributed by atoms with Crippen molar-refractivity contribution in [2.24, 2.45) is 11.7 Å². The molecule has 2 N–H and O–H groups in total. The highest BCUT2D eigenvalue weighted by Gasteiger charge is 2.23. The van der Waals surface area contributed by atoms with Crippen LogP contribution in [0.2, 0.25) is 0 Å². The molecule has 1 aliphatic rings. The van der Waals surface area contributed by atoms with Gasteiger partial charge in [-0.1, -0.05) is 36.4 Å². The van der Waals surface area contributed by atoms with Crippen LogP contribution in [0.4, 0.5) is 0 Å². The zero-order valence-corrected chi connectivity index (χ0v) is 13.9. The summed E-state index contributed by atoms with van der Waals surface area (Å²) in [6, 6.07) is 17.0. The molecule has 0 saturated heterocycles. The largest absolute Gasteiger partial charge is 0.330 e. The number of hydrogen-bond donors (Lipinski definition) is 1. The number of aromatic nitrogens is 2. The summed E-state index contributed by atoms with van der Waals surface area (Å²) in [5, 5.41) is 2.51. The Labute approximate surface area is 142 Å². The van der Waals surface area contributed by atoms with Gasteiger partial charge in [-0.3, -0.25) is 0 Å². The Hall–Kier alpha value is -2.26. The summed E-state index contributed by atoms with van der Waals surface area (Å²) in [6.07, 6.45) is 6.61. The summed E-state index contributed by atoms with van der Waals surface area (Å²) >= 11 is 0. The molecule has 3 nitrogen and oxygen atoms in total. The van der Waals surface area contributed by atoms with Gasteiger partial charge in [0.15, 0.2) is 0 Å². The number of nitrogens with zero attached hydrogens (tertiary/aromatic N) is 2. The lowest BCUT2D eigenvalue weighted by molar-refractivity contribution is 0.325. The third kappa shape index (κ3) is 3.04. The molecule has 1 heterocycles. The van der Waals surface area contributed by atoms with E-state index in [4.69, 9.17) is 10.7 Å². The van der Waals surface area contributed by atoms with E-state index in [1.807, 2.05) is 12.3 Å². The highest BCUT2D eigenvalue weighted by molar-refractivity contribution is 5.86. The molecule has 4 rings (SSSR count). The van der Waals surface area contributed by atoms with Crippen LogP contribution in [-0.4, -0.2) is 16.5 Å². The molecule has 3 aromatic rings. The molecule has 24 heavy (non-hydrogen) atoms. The third-order valence-corrected chi connectivity index (χ3v) is 5.26. The molecule has 0 unspecified atom stereocenters. The van der Waals surface area contributed by atoms with E-state index in [2.05, 4.69) is 47.4 Å². The Morgan fingerprint density at radius 1 is 0.917 bits per heavy atom. The maximum atomic E-state index is 5.80. The summed E-state index contributed by atoms with van der Waals surface area (Å²) in [5.74, 6) is 2.16. The topological polar surface area (TPSA) is 51.8 Å². The minimum absolute atomic E-state index is 0.480. The highest BCUT2D eigenvalue weighted by Crippen LogP contribution is 2.34. The number of rotatable bonds is 3.